The van der Waals surface area contributed by atoms with E-state index in [1.165, 1.54) is 11.3 Å². The van der Waals surface area contributed by atoms with E-state index in [2.05, 4.69) is 20.0 Å². The minimum absolute atomic E-state index is 0.624. The fourth-order valence-corrected chi connectivity index (χ4v) is 2.27. The number of hydrogen-bond donors (Lipinski definition) is 1. The third-order valence-electron chi connectivity index (χ3n) is 2.69. The van der Waals surface area contributed by atoms with Crippen molar-refractivity contribution in [2.75, 3.05) is 26.4 Å². The number of thiazole rings is 1. The van der Waals surface area contributed by atoms with Crippen LogP contribution in [0.4, 0.5) is 5.13 Å². The van der Waals surface area contributed by atoms with Crippen molar-refractivity contribution in [3.05, 3.63) is 22.8 Å². The van der Waals surface area contributed by atoms with Crippen molar-refractivity contribution in [2.24, 2.45) is 0 Å². The molecule has 0 saturated carbocycles. The molecule has 104 valence electrons. The summed E-state index contributed by atoms with van der Waals surface area (Å²) >= 11 is 1.47. The first-order valence-corrected chi connectivity index (χ1v) is 7.17. The number of anilines is 1. The second kappa shape index (κ2) is 6.63. The highest BCUT2D eigenvalue weighted by Crippen LogP contribution is 2.13. The SMILES string of the molecule is CN(C)CCc1noc(CCCc2csc(N)n2)n1. The molecular weight excluding hydrogens is 262 g/mol. The van der Waals surface area contributed by atoms with Crippen LogP contribution in [0.1, 0.15) is 23.8 Å². The fourth-order valence-electron chi connectivity index (χ4n) is 1.68. The van der Waals surface area contributed by atoms with Gasteiger partial charge in [-0.2, -0.15) is 4.98 Å². The molecule has 19 heavy (non-hydrogen) atoms. The number of aryl methyl sites for hydroxylation is 2. The molecule has 0 amide bonds. The molecule has 0 unspecified atom stereocenters. The summed E-state index contributed by atoms with van der Waals surface area (Å²) in [6, 6.07) is 0. The van der Waals surface area contributed by atoms with Crippen LogP contribution in [-0.4, -0.2) is 40.7 Å². The molecule has 0 aromatic carbocycles. The van der Waals surface area contributed by atoms with Crippen molar-refractivity contribution in [3.63, 3.8) is 0 Å². The average molecular weight is 281 g/mol. The topological polar surface area (TPSA) is 81.1 Å². The molecule has 0 radical (unpaired) electrons. The molecule has 0 aliphatic heterocycles. The maximum absolute atomic E-state index is 5.59. The highest BCUT2D eigenvalue weighted by molar-refractivity contribution is 7.13. The zero-order valence-electron chi connectivity index (χ0n) is 11.3. The zero-order chi connectivity index (χ0) is 13.7. The van der Waals surface area contributed by atoms with Crippen LogP contribution in [0.5, 0.6) is 0 Å². The molecule has 0 atom stereocenters. The van der Waals surface area contributed by atoms with Gasteiger partial charge in [-0.3, -0.25) is 0 Å². The minimum atomic E-state index is 0.624. The van der Waals surface area contributed by atoms with Crippen molar-refractivity contribution in [1.29, 1.82) is 0 Å². The molecule has 0 saturated heterocycles. The van der Waals surface area contributed by atoms with E-state index in [-0.39, 0.29) is 0 Å². The second-order valence-corrected chi connectivity index (χ2v) is 5.58. The molecule has 0 fully saturated rings. The molecule has 2 heterocycles. The zero-order valence-corrected chi connectivity index (χ0v) is 12.1. The van der Waals surface area contributed by atoms with Gasteiger partial charge in [0.1, 0.15) is 0 Å². The summed E-state index contributed by atoms with van der Waals surface area (Å²) in [7, 11) is 4.06. The minimum Gasteiger partial charge on any atom is -0.375 e. The van der Waals surface area contributed by atoms with Gasteiger partial charge in [-0.15, -0.1) is 11.3 Å². The molecule has 2 aromatic rings. The van der Waals surface area contributed by atoms with Crippen LogP contribution in [0.25, 0.3) is 0 Å². The Morgan fingerprint density at radius 3 is 2.79 bits per heavy atom. The molecular formula is C12H19N5OS. The van der Waals surface area contributed by atoms with E-state index in [1.54, 1.807) is 0 Å². The van der Waals surface area contributed by atoms with Gasteiger partial charge in [-0.25, -0.2) is 4.98 Å². The van der Waals surface area contributed by atoms with Gasteiger partial charge in [0.05, 0.1) is 5.69 Å². The molecule has 2 aromatic heterocycles. The van der Waals surface area contributed by atoms with Gasteiger partial charge < -0.3 is 15.2 Å². The number of hydrogen-bond acceptors (Lipinski definition) is 7. The lowest BCUT2D eigenvalue weighted by molar-refractivity contribution is 0.363. The summed E-state index contributed by atoms with van der Waals surface area (Å²) in [6.07, 6.45) is 3.44. The molecule has 2 N–H and O–H groups in total. The number of nitrogens with zero attached hydrogens (tertiary/aromatic N) is 4. The van der Waals surface area contributed by atoms with Gasteiger partial charge >= 0.3 is 0 Å². The van der Waals surface area contributed by atoms with E-state index in [9.17, 15) is 0 Å². The number of rotatable bonds is 7. The fraction of sp³-hybridized carbons (Fsp3) is 0.583. The smallest absolute Gasteiger partial charge is 0.226 e. The Balaban J connectivity index is 1.74. The standard InChI is InChI=1S/C12H19N5OS/c1-17(2)7-6-10-15-11(18-16-10)5-3-4-9-8-19-12(13)14-9/h8H,3-7H2,1-2H3,(H2,13,14). The van der Waals surface area contributed by atoms with E-state index in [4.69, 9.17) is 10.3 Å². The van der Waals surface area contributed by atoms with Crippen LogP contribution in [0.15, 0.2) is 9.90 Å². The maximum Gasteiger partial charge on any atom is 0.226 e. The summed E-state index contributed by atoms with van der Waals surface area (Å²) < 4.78 is 5.22. The third kappa shape index (κ3) is 4.60. The van der Waals surface area contributed by atoms with E-state index >= 15 is 0 Å². The highest BCUT2D eigenvalue weighted by Gasteiger charge is 2.07. The van der Waals surface area contributed by atoms with Crippen molar-refractivity contribution in [2.45, 2.75) is 25.7 Å². The molecule has 0 aliphatic carbocycles. The van der Waals surface area contributed by atoms with Gasteiger partial charge in [-0.1, -0.05) is 5.16 Å². The normalized spacial score (nSPS) is 11.3. The number of likely N-dealkylation sites (N-methyl/N-ethyl adjacent to an activating group) is 1. The molecule has 0 bridgehead atoms. The second-order valence-electron chi connectivity index (χ2n) is 4.69. The quantitative estimate of drug-likeness (QED) is 0.826. The van der Waals surface area contributed by atoms with Gasteiger partial charge in [0.2, 0.25) is 5.89 Å². The lowest BCUT2D eigenvalue weighted by Gasteiger charge is -2.05. The first kappa shape index (κ1) is 14.0. The Bertz CT molecular complexity index is 508. The van der Waals surface area contributed by atoms with Crippen molar-refractivity contribution < 1.29 is 4.52 Å². The first-order chi connectivity index (χ1) is 9.13. The summed E-state index contributed by atoms with van der Waals surface area (Å²) in [6.45, 7) is 0.928. The lowest BCUT2D eigenvalue weighted by Crippen LogP contribution is -2.15. The van der Waals surface area contributed by atoms with E-state index < -0.39 is 0 Å². The number of nitrogens with two attached hydrogens (primary N) is 1. The Kier molecular flexibility index (Phi) is 4.86. The van der Waals surface area contributed by atoms with Crippen LogP contribution < -0.4 is 5.73 Å². The van der Waals surface area contributed by atoms with Crippen LogP contribution in [0.2, 0.25) is 0 Å². The summed E-state index contributed by atoms with van der Waals surface area (Å²) in [4.78, 5) is 10.7. The van der Waals surface area contributed by atoms with Crippen molar-refractivity contribution in [3.8, 4) is 0 Å². The Morgan fingerprint density at radius 2 is 2.11 bits per heavy atom. The van der Waals surface area contributed by atoms with Gasteiger partial charge in [-0.05, 0) is 26.9 Å². The van der Waals surface area contributed by atoms with Gasteiger partial charge in [0.15, 0.2) is 11.0 Å². The number of nitrogen functional groups attached to an aromatic ring is 1. The van der Waals surface area contributed by atoms with Gasteiger partial charge in [0.25, 0.3) is 0 Å². The van der Waals surface area contributed by atoms with Crippen LogP contribution >= 0.6 is 11.3 Å². The first-order valence-electron chi connectivity index (χ1n) is 6.29. The molecule has 0 aliphatic rings. The largest absolute Gasteiger partial charge is 0.375 e. The highest BCUT2D eigenvalue weighted by atomic mass is 32.1. The third-order valence-corrected chi connectivity index (χ3v) is 3.41. The van der Waals surface area contributed by atoms with Crippen LogP contribution in [0, 0.1) is 0 Å². The Hall–Kier alpha value is -1.47. The molecule has 6 nitrogen and oxygen atoms in total. The molecule has 7 heteroatoms. The van der Waals surface area contributed by atoms with Crippen molar-refractivity contribution in [1.82, 2.24) is 20.0 Å². The Labute approximate surface area is 116 Å². The van der Waals surface area contributed by atoms with Crippen molar-refractivity contribution >= 4 is 16.5 Å². The molecule has 2 rings (SSSR count). The number of aromatic nitrogens is 3. The summed E-state index contributed by atoms with van der Waals surface area (Å²) in [5.41, 5.74) is 6.62. The summed E-state index contributed by atoms with van der Waals surface area (Å²) in [5.74, 6) is 1.48. The monoisotopic (exact) mass is 281 g/mol. The Morgan fingerprint density at radius 1 is 1.26 bits per heavy atom. The predicted molar refractivity (Wildman–Crippen MR) is 75.1 cm³/mol. The lowest BCUT2D eigenvalue weighted by atomic mass is 10.2. The summed E-state index contributed by atoms with van der Waals surface area (Å²) in [5, 5.41) is 6.59. The van der Waals surface area contributed by atoms with Gasteiger partial charge in [0, 0.05) is 24.8 Å². The van der Waals surface area contributed by atoms with E-state index in [1.807, 2.05) is 19.5 Å². The van der Waals surface area contributed by atoms with E-state index in [0.717, 1.165) is 43.7 Å². The van der Waals surface area contributed by atoms with Crippen LogP contribution in [0.3, 0.4) is 0 Å². The van der Waals surface area contributed by atoms with Crippen LogP contribution in [-0.2, 0) is 19.3 Å². The maximum atomic E-state index is 5.59. The van der Waals surface area contributed by atoms with E-state index in [0.29, 0.717) is 11.0 Å². The molecule has 0 spiro atoms. The predicted octanol–water partition coefficient (Wildman–Crippen LogP) is 1.39. The average Bonchev–Trinajstić information content (AvgIpc) is 2.96.